The molecule has 21 heavy (non-hydrogen) atoms. The van der Waals surface area contributed by atoms with E-state index in [1.54, 1.807) is 25.1 Å². The van der Waals surface area contributed by atoms with Crippen LogP contribution >= 0.6 is 11.6 Å². The Morgan fingerprint density at radius 2 is 2.24 bits per heavy atom. The number of nitrogens with zero attached hydrogens (tertiary/aromatic N) is 1. The third-order valence-corrected chi connectivity index (χ3v) is 2.84. The summed E-state index contributed by atoms with van der Waals surface area (Å²) in [6, 6.07) is 6.18. The Morgan fingerprint density at radius 1 is 1.43 bits per heavy atom. The van der Waals surface area contributed by atoms with Crippen LogP contribution in [0.3, 0.4) is 0 Å². The first-order chi connectivity index (χ1) is 10.1. The maximum atomic E-state index is 12.0. The number of pyridine rings is 1. The summed E-state index contributed by atoms with van der Waals surface area (Å²) in [5.41, 5.74) is 0. The molecule has 0 saturated heterocycles. The normalized spacial score (nSPS) is 11.7. The van der Waals surface area contributed by atoms with Gasteiger partial charge in [-0.1, -0.05) is 18.5 Å². The smallest absolute Gasteiger partial charge is 0.374 e. The average molecular weight is 309 g/mol. The lowest BCUT2D eigenvalue weighted by Gasteiger charge is -2.14. The summed E-state index contributed by atoms with van der Waals surface area (Å²) in [6.45, 7) is 1.73. The molecule has 0 radical (unpaired) electrons. The molecule has 2 rings (SSSR count). The highest BCUT2D eigenvalue weighted by Crippen LogP contribution is 2.12. The van der Waals surface area contributed by atoms with Crippen LogP contribution in [0, 0.1) is 0 Å². The molecular weight excluding hydrogens is 296 g/mol. The number of ether oxygens (including phenoxy) is 1. The standard InChI is InChI=1S/C14H13ClN2O4/c1-2-10(21-14(19)11-4-3-7-20-11)13(18)17-12-6-5-9(15)8-16-12/h3-8,10H,2H2,1H3,(H,16,17,18). The zero-order chi connectivity index (χ0) is 15.2. The largest absolute Gasteiger partial charge is 0.457 e. The van der Waals surface area contributed by atoms with Gasteiger partial charge in [0.05, 0.1) is 11.3 Å². The maximum Gasteiger partial charge on any atom is 0.374 e. The van der Waals surface area contributed by atoms with Crippen molar-refractivity contribution < 1.29 is 18.7 Å². The topological polar surface area (TPSA) is 81.4 Å². The molecule has 1 unspecified atom stereocenters. The summed E-state index contributed by atoms with van der Waals surface area (Å²) in [4.78, 5) is 27.7. The van der Waals surface area contributed by atoms with E-state index in [-0.39, 0.29) is 5.76 Å². The molecule has 110 valence electrons. The van der Waals surface area contributed by atoms with Crippen LogP contribution in [0.25, 0.3) is 0 Å². The molecule has 1 amide bonds. The van der Waals surface area contributed by atoms with Crippen LogP contribution in [0.1, 0.15) is 23.9 Å². The SMILES string of the molecule is CCC(OC(=O)c1ccco1)C(=O)Nc1ccc(Cl)cn1. The highest BCUT2D eigenvalue weighted by molar-refractivity contribution is 6.30. The lowest BCUT2D eigenvalue weighted by atomic mass is 10.2. The molecule has 0 aliphatic rings. The van der Waals surface area contributed by atoms with Crippen LogP contribution in [0.2, 0.25) is 5.02 Å². The molecule has 0 aliphatic heterocycles. The third kappa shape index (κ3) is 4.06. The maximum absolute atomic E-state index is 12.0. The average Bonchev–Trinajstić information content (AvgIpc) is 3.01. The van der Waals surface area contributed by atoms with Gasteiger partial charge >= 0.3 is 5.97 Å². The minimum Gasteiger partial charge on any atom is -0.457 e. The number of carbonyl (C=O) groups excluding carboxylic acids is 2. The number of amides is 1. The van der Waals surface area contributed by atoms with Gasteiger partial charge in [0.25, 0.3) is 5.91 Å². The molecule has 1 N–H and O–H groups in total. The molecule has 0 aliphatic carbocycles. The fraction of sp³-hybridized carbons (Fsp3) is 0.214. The summed E-state index contributed by atoms with van der Waals surface area (Å²) in [6.07, 6.45) is 2.16. The first-order valence-corrected chi connectivity index (χ1v) is 6.65. The molecule has 0 saturated carbocycles. The van der Waals surface area contributed by atoms with Crippen molar-refractivity contribution in [2.24, 2.45) is 0 Å². The molecule has 0 aromatic carbocycles. The van der Waals surface area contributed by atoms with E-state index in [2.05, 4.69) is 10.3 Å². The van der Waals surface area contributed by atoms with Crippen molar-refractivity contribution in [1.82, 2.24) is 4.98 Å². The van der Waals surface area contributed by atoms with E-state index in [1.165, 1.54) is 18.5 Å². The number of hydrogen-bond acceptors (Lipinski definition) is 5. The summed E-state index contributed by atoms with van der Waals surface area (Å²) in [7, 11) is 0. The Labute approximate surface area is 126 Å². The fourth-order valence-corrected chi connectivity index (χ4v) is 1.67. The lowest BCUT2D eigenvalue weighted by molar-refractivity contribution is -0.124. The predicted octanol–water partition coefficient (Wildman–Crippen LogP) is 2.90. The van der Waals surface area contributed by atoms with Gasteiger partial charge in [-0.15, -0.1) is 0 Å². The van der Waals surface area contributed by atoms with Gasteiger partial charge in [-0.3, -0.25) is 4.79 Å². The first-order valence-electron chi connectivity index (χ1n) is 6.27. The Morgan fingerprint density at radius 3 is 2.81 bits per heavy atom. The second kappa shape index (κ2) is 6.90. The molecule has 1 atom stereocenters. The van der Waals surface area contributed by atoms with Crippen LogP contribution in [0.5, 0.6) is 0 Å². The molecule has 0 bridgehead atoms. The number of aromatic nitrogens is 1. The van der Waals surface area contributed by atoms with Gasteiger partial charge in [0.1, 0.15) is 5.82 Å². The predicted molar refractivity (Wildman–Crippen MR) is 76.1 cm³/mol. The minimum absolute atomic E-state index is 0.0471. The monoisotopic (exact) mass is 308 g/mol. The van der Waals surface area contributed by atoms with Crippen LogP contribution in [-0.2, 0) is 9.53 Å². The van der Waals surface area contributed by atoms with Crippen LogP contribution < -0.4 is 5.32 Å². The van der Waals surface area contributed by atoms with Gasteiger partial charge in [0.15, 0.2) is 6.10 Å². The molecule has 2 aromatic heterocycles. The Bertz CT molecular complexity index is 610. The number of esters is 1. The van der Waals surface area contributed by atoms with Crippen molar-refractivity contribution >= 4 is 29.3 Å². The van der Waals surface area contributed by atoms with Crippen LogP contribution in [0.15, 0.2) is 41.1 Å². The van der Waals surface area contributed by atoms with Crippen molar-refractivity contribution in [1.29, 1.82) is 0 Å². The molecule has 2 heterocycles. The molecule has 7 heteroatoms. The number of carbonyl (C=O) groups is 2. The zero-order valence-electron chi connectivity index (χ0n) is 11.2. The van der Waals surface area contributed by atoms with Gasteiger partial charge in [0.2, 0.25) is 5.76 Å². The highest BCUT2D eigenvalue weighted by Gasteiger charge is 2.23. The zero-order valence-corrected chi connectivity index (χ0v) is 12.0. The summed E-state index contributed by atoms with van der Waals surface area (Å²) < 4.78 is 10.0. The second-order valence-corrected chi connectivity index (χ2v) is 4.57. The number of hydrogen-bond donors (Lipinski definition) is 1. The highest BCUT2D eigenvalue weighted by atomic mass is 35.5. The number of nitrogens with one attached hydrogen (secondary N) is 1. The quantitative estimate of drug-likeness (QED) is 0.859. The second-order valence-electron chi connectivity index (χ2n) is 4.13. The molecule has 0 spiro atoms. The van der Waals surface area contributed by atoms with E-state index in [1.807, 2.05) is 0 Å². The lowest BCUT2D eigenvalue weighted by Crippen LogP contribution is -2.32. The molecule has 2 aromatic rings. The Balaban J connectivity index is 1.98. The van der Waals surface area contributed by atoms with E-state index in [0.717, 1.165) is 0 Å². The van der Waals surface area contributed by atoms with E-state index in [0.29, 0.717) is 17.3 Å². The minimum atomic E-state index is -0.930. The summed E-state index contributed by atoms with van der Waals surface area (Å²) in [5.74, 6) is -0.777. The van der Waals surface area contributed by atoms with Crippen molar-refractivity contribution in [3.8, 4) is 0 Å². The van der Waals surface area contributed by atoms with Crippen LogP contribution in [0.4, 0.5) is 5.82 Å². The van der Waals surface area contributed by atoms with Gasteiger partial charge in [-0.05, 0) is 30.7 Å². The van der Waals surface area contributed by atoms with Crippen LogP contribution in [-0.4, -0.2) is 23.0 Å². The molecular formula is C14H13ClN2O4. The van der Waals surface area contributed by atoms with Crippen molar-refractivity contribution in [3.63, 3.8) is 0 Å². The fourth-order valence-electron chi connectivity index (χ4n) is 1.56. The summed E-state index contributed by atoms with van der Waals surface area (Å²) >= 11 is 5.71. The van der Waals surface area contributed by atoms with E-state index >= 15 is 0 Å². The van der Waals surface area contributed by atoms with Crippen molar-refractivity contribution in [2.75, 3.05) is 5.32 Å². The summed E-state index contributed by atoms with van der Waals surface area (Å²) in [5, 5.41) is 3.02. The van der Waals surface area contributed by atoms with E-state index in [4.69, 9.17) is 20.8 Å². The van der Waals surface area contributed by atoms with Crippen molar-refractivity contribution in [3.05, 3.63) is 47.5 Å². The van der Waals surface area contributed by atoms with E-state index < -0.39 is 18.0 Å². The third-order valence-electron chi connectivity index (χ3n) is 2.61. The first kappa shape index (κ1) is 15.1. The van der Waals surface area contributed by atoms with E-state index in [9.17, 15) is 9.59 Å². The Kier molecular flexibility index (Phi) is 4.94. The molecule has 6 nitrogen and oxygen atoms in total. The van der Waals surface area contributed by atoms with Gasteiger partial charge in [-0.25, -0.2) is 9.78 Å². The van der Waals surface area contributed by atoms with Crippen molar-refractivity contribution in [2.45, 2.75) is 19.4 Å². The number of furan rings is 1. The Hall–Kier alpha value is -2.34. The molecule has 0 fully saturated rings. The van der Waals surface area contributed by atoms with Gasteiger partial charge in [-0.2, -0.15) is 0 Å². The number of anilines is 1. The number of halogens is 1. The van der Waals surface area contributed by atoms with Gasteiger partial charge < -0.3 is 14.5 Å². The number of rotatable bonds is 5. The van der Waals surface area contributed by atoms with Gasteiger partial charge in [0, 0.05) is 6.20 Å².